The van der Waals surface area contributed by atoms with Gasteiger partial charge in [0.15, 0.2) is 0 Å². The standard InChI is InChI=1S/C22H19NO/c1-2-24-18-13-14-19-20(15-18)23-22(17-11-7-4-8-12-17)21(19)16-9-5-3-6-10-16/h3-15,23H,2H2,1H3. The Morgan fingerprint density at radius 2 is 1.46 bits per heavy atom. The maximum Gasteiger partial charge on any atom is 0.121 e. The summed E-state index contributed by atoms with van der Waals surface area (Å²) in [6.45, 7) is 2.67. The number of ether oxygens (including phenoxy) is 1. The third-order valence-electron chi connectivity index (χ3n) is 4.21. The fourth-order valence-electron chi connectivity index (χ4n) is 3.16. The third-order valence-corrected chi connectivity index (χ3v) is 4.21. The molecule has 0 spiro atoms. The Kier molecular flexibility index (Phi) is 3.80. The van der Waals surface area contributed by atoms with Gasteiger partial charge in [-0.2, -0.15) is 0 Å². The first kappa shape index (κ1) is 14.6. The highest BCUT2D eigenvalue weighted by Gasteiger charge is 2.15. The van der Waals surface area contributed by atoms with E-state index >= 15 is 0 Å². The van der Waals surface area contributed by atoms with Crippen molar-refractivity contribution < 1.29 is 4.74 Å². The molecule has 2 heteroatoms. The first-order valence-electron chi connectivity index (χ1n) is 8.26. The van der Waals surface area contributed by atoms with Crippen molar-refractivity contribution in [1.29, 1.82) is 0 Å². The molecule has 2 nitrogen and oxygen atoms in total. The topological polar surface area (TPSA) is 25.0 Å². The summed E-state index contributed by atoms with van der Waals surface area (Å²) < 4.78 is 5.65. The molecule has 0 fully saturated rings. The molecule has 0 aliphatic rings. The van der Waals surface area contributed by atoms with Crippen LogP contribution >= 0.6 is 0 Å². The first-order valence-corrected chi connectivity index (χ1v) is 8.26. The number of H-pyrrole nitrogens is 1. The van der Waals surface area contributed by atoms with Gasteiger partial charge in [0.05, 0.1) is 17.8 Å². The lowest BCUT2D eigenvalue weighted by Crippen LogP contribution is -1.90. The minimum atomic E-state index is 0.670. The van der Waals surface area contributed by atoms with Crippen molar-refractivity contribution in [3.05, 3.63) is 78.9 Å². The maximum atomic E-state index is 5.65. The number of aromatic amines is 1. The normalized spacial score (nSPS) is 10.9. The van der Waals surface area contributed by atoms with Crippen LogP contribution in [0.1, 0.15) is 6.92 Å². The predicted molar refractivity (Wildman–Crippen MR) is 100 cm³/mol. The molecule has 118 valence electrons. The molecule has 1 N–H and O–H groups in total. The van der Waals surface area contributed by atoms with Crippen LogP contribution in [0.5, 0.6) is 5.75 Å². The van der Waals surface area contributed by atoms with Gasteiger partial charge in [0.1, 0.15) is 5.75 Å². The van der Waals surface area contributed by atoms with Gasteiger partial charge in [-0.25, -0.2) is 0 Å². The minimum Gasteiger partial charge on any atom is -0.494 e. The van der Waals surface area contributed by atoms with E-state index in [0.29, 0.717) is 6.61 Å². The van der Waals surface area contributed by atoms with Crippen molar-refractivity contribution in [3.63, 3.8) is 0 Å². The van der Waals surface area contributed by atoms with Crippen molar-refractivity contribution in [2.24, 2.45) is 0 Å². The summed E-state index contributed by atoms with van der Waals surface area (Å²) in [5.41, 5.74) is 5.88. The average molecular weight is 313 g/mol. The van der Waals surface area contributed by atoms with Crippen LogP contribution in [0.2, 0.25) is 0 Å². The smallest absolute Gasteiger partial charge is 0.121 e. The number of rotatable bonds is 4. The van der Waals surface area contributed by atoms with E-state index in [1.165, 1.54) is 22.1 Å². The van der Waals surface area contributed by atoms with Gasteiger partial charge in [0.2, 0.25) is 0 Å². The highest BCUT2D eigenvalue weighted by molar-refractivity contribution is 6.04. The molecule has 24 heavy (non-hydrogen) atoms. The van der Waals surface area contributed by atoms with E-state index in [9.17, 15) is 0 Å². The number of hydrogen-bond donors (Lipinski definition) is 1. The molecule has 3 aromatic carbocycles. The average Bonchev–Trinajstić information content (AvgIpc) is 3.02. The van der Waals surface area contributed by atoms with Gasteiger partial charge in [-0.3, -0.25) is 0 Å². The zero-order chi connectivity index (χ0) is 16.4. The molecule has 4 aromatic rings. The highest BCUT2D eigenvalue weighted by Crippen LogP contribution is 2.39. The molecule has 0 radical (unpaired) electrons. The quantitative estimate of drug-likeness (QED) is 0.498. The zero-order valence-electron chi connectivity index (χ0n) is 13.6. The Bertz CT molecular complexity index is 955. The molecule has 1 heterocycles. The molecule has 0 saturated carbocycles. The van der Waals surface area contributed by atoms with E-state index in [4.69, 9.17) is 4.74 Å². The van der Waals surface area contributed by atoms with Gasteiger partial charge >= 0.3 is 0 Å². The van der Waals surface area contributed by atoms with E-state index < -0.39 is 0 Å². The maximum absolute atomic E-state index is 5.65. The summed E-state index contributed by atoms with van der Waals surface area (Å²) >= 11 is 0. The van der Waals surface area contributed by atoms with Crippen molar-refractivity contribution in [2.45, 2.75) is 6.92 Å². The van der Waals surface area contributed by atoms with Crippen LogP contribution in [-0.2, 0) is 0 Å². The monoisotopic (exact) mass is 313 g/mol. The lowest BCUT2D eigenvalue weighted by atomic mass is 9.98. The van der Waals surface area contributed by atoms with Crippen LogP contribution in [0.15, 0.2) is 78.9 Å². The number of nitrogens with one attached hydrogen (secondary N) is 1. The number of benzene rings is 3. The van der Waals surface area contributed by atoms with Crippen LogP contribution in [0.3, 0.4) is 0 Å². The third kappa shape index (κ3) is 2.56. The molecule has 0 bridgehead atoms. The molecule has 0 atom stereocenters. The first-order chi connectivity index (χ1) is 11.9. The number of fused-ring (bicyclic) bond motifs is 1. The molecule has 0 aliphatic carbocycles. The Labute approximate surface area is 141 Å². The summed E-state index contributed by atoms with van der Waals surface area (Å²) in [5.74, 6) is 0.894. The molecule has 1 aromatic heterocycles. The van der Waals surface area contributed by atoms with E-state index in [1.54, 1.807) is 0 Å². The minimum absolute atomic E-state index is 0.670. The predicted octanol–water partition coefficient (Wildman–Crippen LogP) is 5.90. The van der Waals surface area contributed by atoms with Crippen molar-refractivity contribution in [2.75, 3.05) is 6.61 Å². The van der Waals surface area contributed by atoms with Gasteiger partial charge in [-0.05, 0) is 30.2 Å². The van der Waals surface area contributed by atoms with Crippen LogP contribution in [0.4, 0.5) is 0 Å². The van der Waals surface area contributed by atoms with Gasteiger partial charge < -0.3 is 9.72 Å². The fraction of sp³-hybridized carbons (Fsp3) is 0.0909. The summed E-state index contributed by atoms with van der Waals surface area (Å²) in [4.78, 5) is 3.60. The molecule has 4 rings (SSSR count). The zero-order valence-corrected chi connectivity index (χ0v) is 13.6. The molecule has 0 amide bonds. The Balaban J connectivity index is 1.99. The second kappa shape index (κ2) is 6.25. The van der Waals surface area contributed by atoms with E-state index in [0.717, 1.165) is 17.0 Å². The summed E-state index contributed by atoms with van der Waals surface area (Å²) in [6.07, 6.45) is 0. The second-order valence-corrected chi connectivity index (χ2v) is 5.75. The fourth-order valence-corrected chi connectivity index (χ4v) is 3.16. The van der Waals surface area contributed by atoms with Gasteiger partial charge in [-0.1, -0.05) is 60.7 Å². The Morgan fingerprint density at radius 1 is 0.792 bits per heavy atom. The lowest BCUT2D eigenvalue weighted by Gasteiger charge is -2.06. The van der Waals surface area contributed by atoms with Crippen LogP contribution in [0.25, 0.3) is 33.3 Å². The molecule has 0 saturated heterocycles. The van der Waals surface area contributed by atoms with Crippen LogP contribution in [-0.4, -0.2) is 11.6 Å². The lowest BCUT2D eigenvalue weighted by molar-refractivity contribution is 0.340. The van der Waals surface area contributed by atoms with Gasteiger partial charge in [0, 0.05) is 17.0 Å². The van der Waals surface area contributed by atoms with E-state index in [-0.39, 0.29) is 0 Å². The Hall–Kier alpha value is -3.00. The second-order valence-electron chi connectivity index (χ2n) is 5.75. The van der Waals surface area contributed by atoms with Crippen molar-refractivity contribution >= 4 is 10.9 Å². The number of aromatic nitrogens is 1. The molecule has 0 unspecified atom stereocenters. The van der Waals surface area contributed by atoms with E-state index in [2.05, 4.69) is 65.6 Å². The molecular weight excluding hydrogens is 294 g/mol. The van der Waals surface area contributed by atoms with Crippen molar-refractivity contribution in [3.8, 4) is 28.1 Å². The molecular formula is C22H19NO. The van der Waals surface area contributed by atoms with Gasteiger partial charge in [0.25, 0.3) is 0 Å². The summed E-state index contributed by atoms with van der Waals surface area (Å²) in [7, 11) is 0. The number of hydrogen-bond acceptors (Lipinski definition) is 1. The van der Waals surface area contributed by atoms with Crippen molar-refractivity contribution in [1.82, 2.24) is 4.98 Å². The SMILES string of the molecule is CCOc1ccc2c(-c3ccccc3)c(-c3ccccc3)[nH]c2c1. The highest BCUT2D eigenvalue weighted by atomic mass is 16.5. The summed E-state index contributed by atoms with van der Waals surface area (Å²) in [6, 6.07) is 27.3. The van der Waals surface area contributed by atoms with Gasteiger partial charge in [-0.15, -0.1) is 0 Å². The largest absolute Gasteiger partial charge is 0.494 e. The summed E-state index contributed by atoms with van der Waals surface area (Å²) in [5, 5.41) is 1.21. The van der Waals surface area contributed by atoms with Crippen LogP contribution in [0, 0.1) is 0 Å². The molecule has 0 aliphatic heterocycles. The van der Waals surface area contributed by atoms with E-state index in [1.807, 2.05) is 25.1 Å². The van der Waals surface area contributed by atoms with Crippen LogP contribution < -0.4 is 4.74 Å². The Morgan fingerprint density at radius 3 is 2.12 bits per heavy atom.